The normalized spacial score (nSPS) is 13.4. The molecular formula is C19H22N4O6. The number of aromatic nitrogens is 2. The first kappa shape index (κ1) is 20.3. The van der Waals surface area contributed by atoms with E-state index in [1.165, 1.54) is 7.11 Å². The van der Waals surface area contributed by atoms with Gasteiger partial charge in [0, 0.05) is 13.1 Å². The van der Waals surface area contributed by atoms with E-state index in [2.05, 4.69) is 9.97 Å². The van der Waals surface area contributed by atoms with E-state index in [0.29, 0.717) is 25.3 Å². The first-order chi connectivity index (χ1) is 13.7. The van der Waals surface area contributed by atoms with Crippen molar-refractivity contribution in [2.45, 2.75) is 39.3 Å². The maximum absolute atomic E-state index is 12.4. The van der Waals surface area contributed by atoms with Crippen LogP contribution in [0.25, 0.3) is 0 Å². The molecule has 0 N–H and O–H groups in total. The Balaban J connectivity index is 1.83. The predicted octanol–water partition coefficient (Wildman–Crippen LogP) is 3.48. The average molecular weight is 402 g/mol. The van der Waals surface area contributed by atoms with E-state index >= 15 is 0 Å². The van der Waals surface area contributed by atoms with Crippen LogP contribution in [-0.2, 0) is 17.7 Å². The van der Waals surface area contributed by atoms with Gasteiger partial charge >= 0.3 is 23.5 Å². The zero-order valence-electron chi connectivity index (χ0n) is 16.7. The number of amides is 1. The van der Waals surface area contributed by atoms with Gasteiger partial charge in [0.2, 0.25) is 0 Å². The van der Waals surface area contributed by atoms with Crippen molar-refractivity contribution in [1.82, 2.24) is 14.9 Å². The van der Waals surface area contributed by atoms with Crippen molar-refractivity contribution >= 4 is 11.8 Å². The molecule has 2 aromatic rings. The second kappa shape index (κ2) is 7.90. The van der Waals surface area contributed by atoms with Crippen LogP contribution >= 0.6 is 0 Å². The number of nitro groups is 1. The summed E-state index contributed by atoms with van der Waals surface area (Å²) in [6.45, 7) is 6.36. The molecule has 0 bridgehead atoms. The van der Waals surface area contributed by atoms with E-state index in [0.717, 1.165) is 17.5 Å². The fourth-order valence-electron chi connectivity index (χ4n) is 2.92. The van der Waals surface area contributed by atoms with Crippen molar-refractivity contribution in [3.63, 3.8) is 0 Å². The van der Waals surface area contributed by atoms with Gasteiger partial charge in [0.05, 0.1) is 12.0 Å². The van der Waals surface area contributed by atoms with E-state index < -0.39 is 16.2 Å². The second-order valence-corrected chi connectivity index (χ2v) is 7.48. The van der Waals surface area contributed by atoms with Crippen LogP contribution in [0.2, 0.25) is 0 Å². The lowest BCUT2D eigenvalue weighted by atomic mass is 10.00. The highest BCUT2D eigenvalue weighted by atomic mass is 16.6. The third kappa shape index (κ3) is 4.71. The van der Waals surface area contributed by atoms with Crippen LogP contribution in [0.4, 0.5) is 10.5 Å². The number of benzene rings is 1. The number of ether oxygens (including phenoxy) is 3. The van der Waals surface area contributed by atoms with Gasteiger partial charge in [-0.05, 0) is 50.5 Å². The number of rotatable bonds is 4. The molecule has 0 spiro atoms. The summed E-state index contributed by atoms with van der Waals surface area (Å²) >= 11 is 0. The fraction of sp³-hybridized carbons (Fsp3) is 0.421. The van der Waals surface area contributed by atoms with Gasteiger partial charge in [-0.2, -0.15) is 9.97 Å². The molecule has 154 valence electrons. The highest BCUT2D eigenvalue weighted by Crippen LogP contribution is 2.36. The van der Waals surface area contributed by atoms with Crippen molar-refractivity contribution < 1.29 is 23.9 Å². The molecule has 0 aliphatic carbocycles. The van der Waals surface area contributed by atoms with Gasteiger partial charge in [-0.15, -0.1) is 0 Å². The number of nitrogens with zero attached hydrogens (tertiary/aromatic N) is 4. The lowest BCUT2D eigenvalue weighted by Gasteiger charge is -2.31. The summed E-state index contributed by atoms with van der Waals surface area (Å²) in [5, 5.41) is 11.4. The largest absolute Gasteiger partial charge is 0.476 e. The van der Waals surface area contributed by atoms with Crippen molar-refractivity contribution in [3.05, 3.63) is 45.8 Å². The molecule has 29 heavy (non-hydrogen) atoms. The summed E-state index contributed by atoms with van der Waals surface area (Å²) in [7, 11) is 1.28. The molecule has 0 radical (unpaired) electrons. The van der Waals surface area contributed by atoms with Crippen LogP contribution < -0.4 is 9.47 Å². The summed E-state index contributed by atoms with van der Waals surface area (Å²) in [6.07, 6.45) is 1.42. The number of carbonyl (C=O) groups excluding carboxylic acids is 1. The van der Waals surface area contributed by atoms with Gasteiger partial charge in [-0.3, -0.25) is 10.1 Å². The van der Waals surface area contributed by atoms with E-state index in [4.69, 9.17) is 14.2 Å². The zero-order valence-corrected chi connectivity index (χ0v) is 16.7. The van der Waals surface area contributed by atoms with Crippen LogP contribution in [-0.4, -0.2) is 45.1 Å². The van der Waals surface area contributed by atoms with E-state index in [1.54, 1.807) is 17.0 Å². The maximum Gasteiger partial charge on any atom is 0.410 e. The van der Waals surface area contributed by atoms with Crippen molar-refractivity contribution in [3.8, 4) is 17.5 Å². The molecule has 3 rings (SSSR count). The van der Waals surface area contributed by atoms with E-state index in [9.17, 15) is 14.9 Å². The molecular weight excluding hydrogens is 380 g/mol. The highest BCUT2D eigenvalue weighted by molar-refractivity contribution is 5.68. The molecule has 1 amide bonds. The van der Waals surface area contributed by atoms with Crippen LogP contribution in [0.1, 0.15) is 31.9 Å². The molecule has 0 saturated heterocycles. The quantitative estimate of drug-likeness (QED) is 0.563. The maximum atomic E-state index is 12.4. The number of hydrogen-bond acceptors (Lipinski definition) is 8. The lowest BCUT2D eigenvalue weighted by Crippen LogP contribution is -2.39. The van der Waals surface area contributed by atoms with Gasteiger partial charge in [0.25, 0.3) is 0 Å². The zero-order chi connectivity index (χ0) is 21.2. The minimum absolute atomic E-state index is 0.186. The third-order valence-electron chi connectivity index (χ3n) is 4.19. The summed E-state index contributed by atoms with van der Waals surface area (Å²) in [6, 6.07) is 5.33. The molecule has 1 aliphatic heterocycles. The summed E-state index contributed by atoms with van der Waals surface area (Å²) in [5.74, 6) is -0.0469. The Morgan fingerprint density at radius 3 is 2.59 bits per heavy atom. The van der Waals surface area contributed by atoms with Gasteiger partial charge < -0.3 is 19.1 Å². The third-order valence-corrected chi connectivity index (χ3v) is 4.19. The number of carbonyl (C=O) groups is 1. The molecule has 0 atom stereocenters. The Morgan fingerprint density at radius 1 is 1.21 bits per heavy atom. The Bertz CT molecular complexity index is 941. The molecule has 10 nitrogen and oxygen atoms in total. The fourth-order valence-corrected chi connectivity index (χ4v) is 2.92. The topological polar surface area (TPSA) is 117 Å². The molecule has 0 fully saturated rings. The molecule has 0 saturated carbocycles. The predicted molar refractivity (Wildman–Crippen MR) is 102 cm³/mol. The average Bonchev–Trinajstić information content (AvgIpc) is 2.65. The van der Waals surface area contributed by atoms with Gasteiger partial charge in [-0.25, -0.2) is 4.79 Å². The number of methoxy groups -OCH3 is 1. The van der Waals surface area contributed by atoms with E-state index in [-0.39, 0.29) is 17.9 Å². The molecule has 10 heteroatoms. The summed E-state index contributed by atoms with van der Waals surface area (Å²) in [5.41, 5.74) is 0.922. The molecule has 1 aliphatic rings. The SMILES string of the molecule is COc1ncnc(Oc2ccc3c(c2)CN(C(=O)OC(C)(C)C)CC3)c1[N+](=O)[O-]. The molecule has 2 heterocycles. The molecule has 1 aromatic carbocycles. The lowest BCUT2D eigenvalue weighted by molar-refractivity contribution is -0.387. The molecule has 1 aromatic heterocycles. The summed E-state index contributed by atoms with van der Waals surface area (Å²) < 4.78 is 16.0. The van der Waals surface area contributed by atoms with Crippen LogP contribution in [0.5, 0.6) is 17.5 Å². The minimum atomic E-state index is -0.656. The van der Waals surface area contributed by atoms with Gasteiger partial charge in [0.15, 0.2) is 0 Å². The Hall–Kier alpha value is -3.43. The van der Waals surface area contributed by atoms with E-state index in [1.807, 2.05) is 26.8 Å². The minimum Gasteiger partial charge on any atom is -0.476 e. The number of hydrogen-bond donors (Lipinski definition) is 0. The highest BCUT2D eigenvalue weighted by Gasteiger charge is 2.28. The van der Waals surface area contributed by atoms with Gasteiger partial charge in [0.1, 0.15) is 17.7 Å². The number of fused-ring (bicyclic) bond motifs is 1. The Kier molecular flexibility index (Phi) is 5.53. The smallest absolute Gasteiger partial charge is 0.410 e. The first-order valence-corrected chi connectivity index (χ1v) is 8.99. The first-order valence-electron chi connectivity index (χ1n) is 8.99. The second-order valence-electron chi connectivity index (χ2n) is 7.48. The Labute approximate surface area is 167 Å². The van der Waals surface area contributed by atoms with Crippen LogP contribution in [0.3, 0.4) is 0 Å². The van der Waals surface area contributed by atoms with Crippen molar-refractivity contribution in [2.24, 2.45) is 0 Å². The van der Waals surface area contributed by atoms with Crippen molar-refractivity contribution in [2.75, 3.05) is 13.7 Å². The van der Waals surface area contributed by atoms with Crippen molar-refractivity contribution in [1.29, 1.82) is 0 Å². The summed E-state index contributed by atoms with van der Waals surface area (Å²) in [4.78, 5) is 32.3. The van der Waals surface area contributed by atoms with Crippen LogP contribution in [0, 0.1) is 10.1 Å². The monoisotopic (exact) mass is 402 g/mol. The molecule has 0 unspecified atom stereocenters. The standard InChI is InChI=1S/C19H22N4O6/c1-19(2,3)29-18(24)22-8-7-12-5-6-14(9-13(12)10-22)28-17-15(23(25)26)16(27-4)20-11-21-17/h5-6,9,11H,7-8,10H2,1-4H3. The Morgan fingerprint density at radius 2 is 1.93 bits per heavy atom. The van der Waals surface area contributed by atoms with Crippen LogP contribution in [0.15, 0.2) is 24.5 Å². The van der Waals surface area contributed by atoms with Gasteiger partial charge in [-0.1, -0.05) is 6.07 Å².